The molecule has 0 amide bonds. The number of rotatable bonds is 4. The molecule has 4 aromatic heterocycles. The van der Waals surface area contributed by atoms with Crippen LogP contribution in [0.4, 0.5) is 0 Å². The van der Waals surface area contributed by atoms with Crippen LogP contribution in [0.25, 0.3) is 0 Å². The summed E-state index contributed by atoms with van der Waals surface area (Å²) in [6.45, 7) is 0. The van der Waals surface area contributed by atoms with Crippen molar-refractivity contribution in [2.75, 3.05) is 0 Å². The molecular formula is C22H14Cl4N4O2. The van der Waals surface area contributed by atoms with Gasteiger partial charge in [-0.3, -0.25) is 4.79 Å². The van der Waals surface area contributed by atoms with Gasteiger partial charge in [-0.2, -0.15) is 0 Å². The lowest BCUT2D eigenvalue weighted by atomic mass is 10.1. The van der Waals surface area contributed by atoms with Crippen LogP contribution in [-0.4, -0.2) is 30.8 Å². The van der Waals surface area contributed by atoms with Crippen LogP contribution in [0.2, 0.25) is 20.6 Å². The van der Waals surface area contributed by atoms with E-state index in [9.17, 15) is 9.90 Å². The molecule has 0 unspecified atom stereocenters. The van der Waals surface area contributed by atoms with Gasteiger partial charge < -0.3 is 5.11 Å². The Morgan fingerprint density at radius 2 is 0.969 bits per heavy atom. The molecule has 6 nitrogen and oxygen atoms in total. The van der Waals surface area contributed by atoms with Gasteiger partial charge in [0.1, 0.15) is 26.7 Å². The van der Waals surface area contributed by atoms with Crippen LogP contribution < -0.4 is 0 Å². The Morgan fingerprint density at radius 1 is 0.625 bits per heavy atom. The van der Waals surface area contributed by atoms with Crippen molar-refractivity contribution in [1.82, 2.24) is 19.9 Å². The third-order valence-corrected chi connectivity index (χ3v) is 5.41. The number of hydrogen-bond acceptors (Lipinski definition) is 6. The van der Waals surface area contributed by atoms with E-state index >= 15 is 0 Å². The summed E-state index contributed by atoms with van der Waals surface area (Å²) < 4.78 is 0. The first-order valence-electron chi connectivity index (χ1n) is 9.04. The van der Waals surface area contributed by atoms with Crippen LogP contribution in [0, 0.1) is 0 Å². The molecule has 0 atom stereocenters. The summed E-state index contributed by atoms with van der Waals surface area (Å²) in [6.07, 6.45) is 5.24. The molecule has 0 spiro atoms. The number of carbonyl (C=O) groups excluding carboxylic acids is 1. The van der Waals surface area contributed by atoms with Crippen molar-refractivity contribution < 1.29 is 9.90 Å². The predicted molar refractivity (Wildman–Crippen MR) is 124 cm³/mol. The van der Waals surface area contributed by atoms with Gasteiger partial charge in [-0.25, -0.2) is 19.9 Å². The molecule has 4 rings (SSSR count). The Morgan fingerprint density at radius 3 is 1.31 bits per heavy atom. The molecule has 4 heterocycles. The molecular weight excluding hydrogens is 494 g/mol. The number of nitrogens with zero attached hydrogens (tertiary/aromatic N) is 4. The van der Waals surface area contributed by atoms with Crippen molar-refractivity contribution in [3.05, 3.63) is 116 Å². The molecule has 0 saturated carbocycles. The Hall–Kier alpha value is -2.61. The van der Waals surface area contributed by atoms with Gasteiger partial charge >= 0.3 is 0 Å². The lowest BCUT2D eigenvalue weighted by molar-refractivity contribution is 0.103. The number of aliphatic hydroxyl groups excluding tert-OH is 1. The second kappa shape index (κ2) is 11.3. The highest BCUT2D eigenvalue weighted by Gasteiger charge is 2.17. The van der Waals surface area contributed by atoms with Gasteiger partial charge in [-0.1, -0.05) is 58.5 Å². The zero-order valence-electron chi connectivity index (χ0n) is 16.2. The van der Waals surface area contributed by atoms with Crippen molar-refractivity contribution in [2.45, 2.75) is 6.10 Å². The first-order valence-corrected chi connectivity index (χ1v) is 10.6. The number of ketones is 1. The zero-order valence-corrected chi connectivity index (χ0v) is 19.2. The van der Waals surface area contributed by atoms with Gasteiger partial charge in [-0.05, 0) is 36.4 Å². The number of hydrogen-bond donors (Lipinski definition) is 1. The smallest absolute Gasteiger partial charge is 0.199 e. The fourth-order valence-electron chi connectivity index (χ4n) is 2.63. The minimum atomic E-state index is -0.914. The standard InChI is InChI=1S/C11H8Cl2N2O.C11H6Cl2N2O/c2*12-10-7(3-1-5-14-10)9(16)8-4-2-6-15-11(8)13/h1-6,9,16H;1-6H. The van der Waals surface area contributed by atoms with Crippen LogP contribution in [0.5, 0.6) is 0 Å². The Labute approximate surface area is 203 Å². The van der Waals surface area contributed by atoms with E-state index < -0.39 is 6.10 Å². The summed E-state index contributed by atoms with van der Waals surface area (Å²) in [6, 6.07) is 13.3. The molecule has 4 aromatic rings. The SMILES string of the molecule is O=C(c1cccnc1Cl)c1cccnc1Cl.OC(c1cccnc1Cl)c1cccnc1Cl. The highest BCUT2D eigenvalue weighted by Crippen LogP contribution is 2.29. The number of pyridine rings is 4. The van der Waals surface area contributed by atoms with Crippen LogP contribution in [0.15, 0.2) is 73.3 Å². The van der Waals surface area contributed by atoms with Gasteiger partial charge in [0.15, 0.2) is 5.78 Å². The van der Waals surface area contributed by atoms with Crippen LogP contribution >= 0.6 is 46.4 Å². The Balaban J connectivity index is 0.000000181. The van der Waals surface area contributed by atoms with Crippen molar-refractivity contribution >= 4 is 52.2 Å². The van der Waals surface area contributed by atoms with Gasteiger partial charge in [0.05, 0.1) is 11.1 Å². The van der Waals surface area contributed by atoms with E-state index in [-0.39, 0.29) is 26.4 Å². The molecule has 0 aliphatic carbocycles. The summed E-state index contributed by atoms with van der Waals surface area (Å²) in [7, 11) is 0. The van der Waals surface area contributed by atoms with E-state index in [1.165, 1.54) is 12.4 Å². The van der Waals surface area contributed by atoms with Gasteiger partial charge in [-0.15, -0.1) is 0 Å². The molecule has 32 heavy (non-hydrogen) atoms. The van der Waals surface area contributed by atoms with Gasteiger partial charge in [0, 0.05) is 35.9 Å². The predicted octanol–water partition coefficient (Wildman–Crippen LogP) is 5.88. The summed E-state index contributed by atoms with van der Waals surface area (Å²) in [4.78, 5) is 27.5. The number of carbonyl (C=O) groups is 1. The van der Waals surface area contributed by atoms with Crippen molar-refractivity contribution in [3.8, 4) is 0 Å². The number of aromatic nitrogens is 4. The molecule has 0 bridgehead atoms. The van der Waals surface area contributed by atoms with Gasteiger partial charge in [0.2, 0.25) is 0 Å². The molecule has 0 aromatic carbocycles. The topological polar surface area (TPSA) is 88.9 Å². The lowest BCUT2D eigenvalue weighted by Gasteiger charge is -2.12. The third kappa shape index (κ3) is 5.79. The summed E-state index contributed by atoms with van der Waals surface area (Å²) in [5.41, 5.74) is 1.66. The second-order valence-corrected chi connectivity index (χ2v) is 7.61. The Bertz CT molecular complexity index is 1150. The van der Waals surface area contributed by atoms with Crippen molar-refractivity contribution in [2.24, 2.45) is 0 Å². The van der Waals surface area contributed by atoms with Gasteiger partial charge in [0.25, 0.3) is 0 Å². The van der Waals surface area contributed by atoms with E-state index in [1.54, 1.807) is 60.9 Å². The van der Waals surface area contributed by atoms with E-state index in [0.29, 0.717) is 22.3 Å². The highest BCUT2D eigenvalue weighted by molar-refractivity contribution is 6.37. The van der Waals surface area contributed by atoms with E-state index in [0.717, 1.165) is 0 Å². The number of aliphatic hydroxyl groups is 1. The lowest BCUT2D eigenvalue weighted by Crippen LogP contribution is -2.04. The van der Waals surface area contributed by atoms with E-state index in [1.807, 2.05) is 0 Å². The molecule has 0 aliphatic heterocycles. The summed E-state index contributed by atoms with van der Waals surface area (Å²) in [5, 5.41) is 10.9. The average Bonchev–Trinajstić information content (AvgIpc) is 2.80. The van der Waals surface area contributed by atoms with Crippen LogP contribution in [0.3, 0.4) is 0 Å². The maximum absolute atomic E-state index is 12.0. The molecule has 0 saturated heterocycles. The fraction of sp³-hybridized carbons (Fsp3) is 0.0455. The van der Waals surface area contributed by atoms with E-state index in [2.05, 4.69) is 19.9 Å². The molecule has 0 radical (unpaired) electrons. The maximum atomic E-state index is 12.0. The number of halogens is 4. The van der Waals surface area contributed by atoms with Crippen molar-refractivity contribution in [1.29, 1.82) is 0 Å². The van der Waals surface area contributed by atoms with Crippen LogP contribution in [0.1, 0.15) is 33.2 Å². The minimum Gasteiger partial charge on any atom is -0.383 e. The first-order chi connectivity index (χ1) is 15.4. The summed E-state index contributed by atoms with van der Waals surface area (Å²) in [5.74, 6) is -0.281. The maximum Gasteiger partial charge on any atom is 0.199 e. The molecule has 1 N–H and O–H groups in total. The normalized spacial score (nSPS) is 10.4. The molecule has 162 valence electrons. The quantitative estimate of drug-likeness (QED) is 0.274. The average molecular weight is 508 g/mol. The minimum absolute atomic E-state index is 0.160. The largest absolute Gasteiger partial charge is 0.383 e. The molecule has 0 fully saturated rings. The molecule has 0 aliphatic rings. The zero-order chi connectivity index (χ0) is 23.1. The fourth-order valence-corrected chi connectivity index (χ4v) is 3.48. The van der Waals surface area contributed by atoms with Crippen LogP contribution in [-0.2, 0) is 0 Å². The highest BCUT2D eigenvalue weighted by atomic mass is 35.5. The molecule has 10 heteroatoms. The van der Waals surface area contributed by atoms with Crippen molar-refractivity contribution in [3.63, 3.8) is 0 Å². The van der Waals surface area contributed by atoms with E-state index in [4.69, 9.17) is 46.4 Å². The monoisotopic (exact) mass is 506 g/mol. The summed E-state index contributed by atoms with van der Waals surface area (Å²) >= 11 is 23.4. The first kappa shape index (κ1) is 24.0. The third-order valence-electron chi connectivity index (χ3n) is 4.17. The second-order valence-electron chi connectivity index (χ2n) is 6.18. The Kier molecular flexibility index (Phi) is 8.50.